The second-order valence-corrected chi connectivity index (χ2v) is 7.56. The zero-order valence-electron chi connectivity index (χ0n) is 17.7. The number of primary amides is 1. The van der Waals surface area contributed by atoms with Crippen LogP contribution in [0.1, 0.15) is 35.2 Å². The molecule has 0 aliphatic carbocycles. The molecule has 8 nitrogen and oxygen atoms in total. The van der Waals surface area contributed by atoms with Crippen LogP contribution < -0.4 is 11.3 Å². The van der Waals surface area contributed by atoms with Gasteiger partial charge in [0.05, 0.1) is 29.1 Å². The number of nitrogens with two attached hydrogens (primary N) is 1. The summed E-state index contributed by atoms with van der Waals surface area (Å²) in [6, 6.07) is 19.5. The molecule has 2 aromatic carbocycles. The molecule has 0 saturated carbocycles. The van der Waals surface area contributed by atoms with Crippen LogP contribution in [0, 0.1) is 22.7 Å². The molecule has 162 valence electrons. The summed E-state index contributed by atoms with van der Waals surface area (Å²) in [5.74, 6) is -0.0426. The van der Waals surface area contributed by atoms with Crippen molar-refractivity contribution in [2.45, 2.75) is 25.8 Å². The lowest BCUT2D eigenvalue weighted by Gasteiger charge is -2.15. The number of aromatic nitrogens is 3. The highest BCUT2D eigenvalue weighted by atomic mass is 16.1. The Bertz CT molecular complexity index is 1470. The van der Waals surface area contributed by atoms with E-state index < -0.39 is 5.91 Å². The Labute approximate surface area is 189 Å². The highest BCUT2D eigenvalue weighted by molar-refractivity contribution is 5.93. The summed E-state index contributed by atoms with van der Waals surface area (Å²) < 4.78 is 3.45. The van der Waals surface area contributed by atoms with Gasteiger partial charge in [0.25, 0.3) is 5.56 Å². The van der Waals surface area contributed by atoms with Gasteiger partial charge < -0.3 is 10.3 Å². The topological polar surface area (TPSA) is 130 Å². The fourth-order valence-electron chi connectivity index (χ4n) is 3.69. The van der Waals surface area contributed by atoms with Gasteiger partial charge in [0, 0.05) is 36.4 Å². The van der Waals surface area contributed by atoms with Crippen molar-refractivity contribution in [3.63, 3.8) is 0 Å². The summed E-state index contributed by atoms with van der Waals surface area (Å²) in [7, 11) is 0. The minimum Gasteiger partial charge on any atom is -0.366 e. The predicted octanol–water partition coefficient (Wildman–Crippen LogP) is 3.49. The van der Waals surface area contributed by atoms with Crippen molar-refractivity contribution in [2.75, 3.05) is 0 Å². The Hall–Kier alpha value is -4.69. The molecule has 1 amide bonds. The Balaban J connectivity index is 1.85. The highest BCUT2D eigenvalue weighted by Crippen LogP contribution is 2.24. The van der Waals surface area contributed by atoms with Crippen molar-refractivity contribution in [2.24, 2.45) is 5.73 Å². The second-order valence-electron chi connectivity index (χ2n) is 7.56. The molecule has 0 radical (unpaired) electrons. The van der Waals surface area contributed by atoms with E-state index in [1.54, 1.807) is 60.8 Å². The number of carbonyl (C=O) groups excluding carboxylic acids is 1. The van der Waals surface area contributed by atoms with Crippen LogP contribution in [0.3, 0.4) is 0 Å². The summed E-state index contributed by atoms with van der Waals surface area (Å²) >= 11 is 0. The highest BCUT2D eigenvalue weighted by Gasteiger charge is 2.15. The maximum atomic E-state index is 13.0. The van der Waals surface area contributed by atoms with Crippen molar-refractivity contribution in [1.82, 2.24) is 14.0 Å². The lowest BCUT2D eigenvalue weighted by Crippen LogP contribution is -2.19. The maximum Gasteiger partial charge on any atom is 0.259 e. The van der Waals surface area contributed by atoms with Crippen LogP contribution in [0.4, 0.5) is 0 Å². The molecular weight excluding hydrogens is 416 g/mol. The van der Waals surface area contributed by atoms with Crippen LogP contribution in [0.25, 0.3) is 28.3 Å². The van der Waals surface area contributed by atoms with E-state index >= 15 is 0 Å². The largest absolute Gasteiger partial charge is 0.366 e. The third-order valence-electron chi connectivity index (χ3n) is 5.41. The van der Waals surface area contributed by atoms with E-state index in [0.29, 0.717) is 41.3 Å². The molecule has 0 unspecified atom stereocenters. The molecule has 0 fully saturated rings. The molecule has 8 heteroatoms. The first-order valence-corrected chi connectivity index (χ1v) is 10.4. The smallest absolute Gasteiger partial charge is 0.259 e. The van der Waals surface area contributed by atoms with Crippen molar-refractivity contribution < 1.29 is 4.79 Å². The molecule has 2 heterocycles. The summed E-state index contributed by atoms with van der Waals surface area (Å²) in [5.41, 5.74) is 8.86. The van der Waals surface area contributed by atoms with Gasteiger partial charge in [-0.25, -0.2) is 4.98 Å². The molecular formula is C25H20N6O2. The second kappa shape index (κ2) is 9.21. The van der Waals surface area contributed by atoms with Gasteiger partial charge in [-0.1, -0.05) is 24.3 Å². The zero-order valence-corrected chi connectivity index (χ0v) is 17.7. The molecule has 0 spiro atoms. The van der Waals surface area contributed by atoms with Crippen LogP contribution in [-0.4, -0.2) is 19.9 Å². The average Bonchev–Trinajstić information content (AvgIpc) is 3.29. The maximum absolute atomic E-state index is 13.0. The van der Waals surface area contributed by atoms with E-state index in [-0.39, 0.29) is 5.56 Å². The number of benzene rings is 2. The van der Waals surface area contributed by atoms with Crippen molar-refractivity contribution in [3.8, 4) is 34.7 Å². The van der Waals surface area contributed by atoms with Gasteiger partial charge in [-0.15, -0.1) is 0 Å². The van der Waals surface area contributed by atoms with Gasteiger partial charge in [0.2, 0.25) is 11.7 Å². The SMILES string of the molecule is N#CCCCCn1c(-c2ccc(C(N)=O)cc2)cc(=O)n2cc(-c3ccc(C#N)cc3)nc12. The quantitative estimate of drug-likeness (QED) is 0.443. The van der Waals surface area contributed by atoms with Crippen LogP contribution in [0.5, 0.6) is 0 Å². The standard InChI is InChI=1S/C25H20N6O2/c26-12-2-1-3-13-30-22(19-8-10-20(11-9-19)24(28)33)14-23(32)31-16-21(29-25(30)31)18-6-4-17(15-27)5-7-18/h4-11,14,16H,1-3,13H2,(H2,28,33). The Kier molecular flexibility index (Phi) is 6.01. The van der Waals surface area contributed by atoms with E-state index in [9.17, 15) is 9.59 Å². The van der Waals surface area contributed by atoms with Gasteiger partial charge >= 0.3 is 0 Å². The first-order chi connectivity index (χ1) is 16.0. The number of hydrogen-bond donors (Lipinski definition) is 1. The number of amides is 1. The molecule has 0 atom stereocenters. The zero-order chi connectivity index (χ0) is 23.4. The Morgan fingerprint density at radius 1 is 1.00 bits per heavy atom. The fourth-order valence-corrected chi connectivity index (χ4v) is 3.69. The van der Waals surface area contributed by atoms with E-state index in [2.05, 4.69) is 12.1 Å². The molecule has 0 aliphatic rings. The van der Waals surface area contributed by atoms with Crippen LogP contribution in [-0.2, 0) is 6.54 Å². The van der Waals surface area contributed by atoms with Gasteiger partial charge in [-0.2, -0.15) is 10.5 Å². The molecule has 2 N–H and O–H groups in total. The first kappa shape index (κ1) is 21.5. The van der Waals surface area contributed by atoms with Gasteiger partial charge in [-0.3, -0.25) is 14.0 Å². The molecule has 0 aliphatic heterocycles. The summed E-state index contributed by atoms with van der Waals surface area (Å²) in [5, 5.41) is 17.9. The van der Waals surface area contributed by atoms with Crippen LogP contribution in [0.2, 0.25) is 0 Å². The number of carbonyl (C=O) groups is 1. The minimum absolute atomic E-state index is 0.236. The fraction of sp³-hybridized carbons (Fsp3) is 0.160. The van der Waals surface area contributed by atoms with Crippen LogP contribution >= 0.6 is 0 Å². The molecule has 0 saturated heterocycles. The van der Waals surface area contributed by atoms with Crippen molar-refractivity contribution in [3.05, 3.63) is 82.3 Å². The lowest BCUT2D eigenvalue weighted by molar-refractivity contribution is 0.100. The predicted molar refractivity (Wildman–Crippen MR) is 123 cm³/mol. The monoisotopic (exact) mass is 436 g/mol. The number of hydrogen-bond acceptors (Lipinski definition) is 5. The molecule has 0 bridgehead atoms. The number of unbranched alkanes of at least 4 members (excludes halogenated alkanes) is 2. The van der Waals surface area contributed by atoms with E-state index in [1.807, 2.05) is 4.57 Å². The third-order valence-corrected chi connectivity index (χ3v) is 5.41. The Morgan fingerprint density at radius 3 is 2.33 bits per heavy atom. The minimum atomic E-state index is -0.522. The number of fused-ring (bicyclic) bond motifs is 1. The van der Waals surface area contributed by atoms with Crippen molar-refractivity contribution in [1.29, 1.82) is 10.5 Å². The number of aryl methyl sites for hydroxylation is 1. The number of nitrogens with zero attached hydrogens (tertiary/aromatic N) is 5. The van der Waals surface area contributed by atoms with Gasteiger partial charge in [-0.05, 0) is 42.7 Å². The summed E-state index contributed by atoms with van der Waals surface area (Å²) in [6.45, 7) is 0.558. The number of imidazole rings is 1. The lowest BCUT2D eigenvalue weighted by atomic mass is 10.1. The van der Waals surface area contributed by atoms with Crippen molar-refractivity contribution >= 4 is 11.7 Å². The Morgan fingerprint density at radius 2 is 1.70 bits per heavy atom. The van der Waals surface area contributed by atoms with E-state index in [4.69, 9.17) is 21.2 Å². The van der Waals surface area contributed by atoms with Gasteiger partial charge in [0.1, 0.15) is 0 Å². The summed E-state index contributed by atoms with van der Waals surface area (Å²) in [4.78, 5) is 29.1. The first-order valence-electron chi connectivity index (χ1n) is 10.4. The molecule has 33 heavy (non-hydrogen) atoms. The third kappa shape index (κ3) is 4.36. The van der Waals surface area contributed by atoms with Crippen LogP contribution in [0.15, 0.2) is 65.6 Å². The molecule has 2 aromatic heterocycles. The number of nitriles is 2. The van der Waals surface area contributed by atoms with E-state index in [0.717, 1.165) is 24.0 Å². The average molecular weight is 436 g/mol. The number of rotatable bonds is 7. The van der Waals surface area contributed by atoms with E-state index in [1.165, 1.54) is 4.40 Å². The molecule has 4 rings (SSSR count). The molecule has 4 aromatic rings. The normalized spacial score (nSPS) is 10.6. The summed E-state index contributed by atoms with van der Waals surface area (Å²) in [6.07, 6.45) is 3.59. The van der Waals surface area contributed by atoms with Gasteiger partial charge in [0.15, 0.2) is 0 Å².